The van der Waals surface area contributed by atoms with Crippen LogP contribution in [0.3, 0.4) is 0 Å². The second kappa shape index (κ2) is 10.1. The van der Waals surface area contributed by atoms with Crippen LogP contribution in [0.1, 0.15) is 25.3 Å². The van der Waals surface area contributed by atoms with Gasteiger partial charge in [-0.2, -0.15) is 0 Å². The predicted octanol–water partition coefficient (Wildman–Crippen LogP) is 2.92. The number of hydrogen-bond donors (Lipinski definition) is 1. The van der Waals surface area contributed by atoms with E-state index in [0.717, 1.165) is 49.5 Å². The summed E-state index contributed by atoms with van der Waals surface area (Å²) in [4.78, 5) is 6.89. The number of aromatic nitrogens is 3. The molecule has 0 spiro atoms. The number of nitrogens with one attached hydrogen (secondary N) is 1. The van der Waals surface area contributed by atoms with Gasteiger partial charge in [0.2, 0.25) is 0 Å². The van der Waals surface area contributed by atoms with E-state index in [0.29, 0.717) is 0 Å². The van der Waals surface area contributed by atoms with Crippen LogP contribution in [-0.2, 0) is 13.1 Å². The number of aryl methyl sites for hydroxylation is 1. The molecule has 7 heteroatoms. The van der Waals surface area contributed by atoms with E-state index in [9.17, 15) is 0 Å². The van der Waals surface area contributed by atoms with Crippen molar-refractivity contribution >= 4 is 21.9 Å². The van der Waals surface area contributed by atoms with Crippen LogP contribution < -0.4 is 5.32 Å². The summed E-state index contributed by atoms with van der Waals surface area (Å²) in [6, 6.07) is 8.28. The van der Waals surface area contributed by atoms with Crippen LogP contribution in [0.5, 0.6) is 0 Å². The molecule has 0 aliphatic carbocycles. The van der Waals surface area contributed by atoms with Gasteiger partial charge in [-0.15, -0.1) is 10.2 Å². The first-order valence-electron chi connectivity index (χ1n) is 8.26. The molecule has 0 radical (unpaired) electrons. The molecule has 0 unspecified atom stereocenters. The standard InChI is InChI=1S/C17H25BrN6/c1-3-19-17(20-10-6-7-11-24-13-21-22-14-24)23(2)12-15-8-4-5-9-16(15)18/h4-5,8-9,13-14H,3,6-7,10-12H2,1-2H3,(H,19,20). The highest BCUT2D eigenvalue weighted by Crippen LogP contribution is 2.17. The quantitative estimate of drug-likeness (QED) is 0.426. The van der Waals surface area contributed by atoms with Crippen LogP contribution in [-0.4, -0.2) is 45.8 Å². The fraction of sp³-hybridized carbons (Fsp3) is 0.471. The number of rotatable bonds is 8. The summed E-state index contributed by atoms with van der Waals surface area (Å²) in [5, 5.41) is 11.0. The molecule has 0 saturated carbocycles. The molecule has 0 atom stereocenters. The van der Waals surface area contributed by atoms with E-state index in [1.54, 1.807) is 12.7 Å². The summed E-state index contributed by atoms with van der Waals surface area (Å²) in [5.41, 5.74) is 1.25. The molecule has 0 aliphatic heterocycles. The molecule has 1 N–H and O–H groups in total. The lowest BCUT2D eigenvalue weighted by molar-refractivity contribution is 0.474. The number of nitrogens with zero attached hydrogens (tertiary/aromatic N) is 5. The van der Waals surface area contributed by atoms with Gasteiger partial charge in [0.15, 0.2) is 5.96 Å². The zero-order valence-corrected chi connectivity index (χ0v) is 15.9. The van der Waals surface area contributed by atoms with Crippen LogP contribution in [0.4, 0.5) is 0 Å². The number of unbranched alkanes of at least 4 members (excludes halogenated alkanes) is 1. The Labute approximate surface area is 152 Å². The highest BCUT2D eigenvalue weighted by molar-refractivity contribution is 9.10. The normalized spacial score (nSPS) is 11.5. The lowest BCUT2D eigenvalue weighted by atomic mass is 10.2. The maximum absolute atomic E-state index is 4.73. The number of guanidine groups is 1. The average Bonchev–Trinajstić information content (AvgIpc) is 3.09. The SMILES string of the molecule is CCNC(=NCCCCn1cnnc1)N(C)Cc1ccccc1Br. The Kier molecular flexibility index (Phi) is 7.74. The van der Waals surface area contributed by atoms with Crippen LogP contribution >= 0.6 is 15.9 Å². The third kappa shape index (κ3) is 5.96. The maximum Gasteiger partial charge on any atom is 0.193 e. The Hall–Kier alpha value is -1.89. The van der Waals surface area contributed by atoms with E-state index >= 15 is 0 Å². The Bertz CT molecular complexity index is 626. The second-order valence-electron chi connectivity index (χ2n) is 5.59. The molecule has 24 heavy (non-hydrogen) atoms. The van der Waals surface area contributed by atoms with Gasteiger partial charge in [-0.05, 0) is 31.4 Å². The van der Waals surface area contributed by atoms with Crippen molar-refractivity contribution in [1.82, 2.24) is 25.0 Å². The Balaban J connectivity index is 1.83. The molecule has 0 aliphatic rings. The molecule has 6 nitrogen and oxygen atoms in total. The van der Waals surface area contributed by atoms with Crippen molar-refractivity contribution in [2.24, 2.45) is 4.99 Å². The molecular weight excluding hydrogens is 368 g/mol. The van der Waals surface area contributed by atoms with Gasteiger partial charge >= 0.3 is 0 Å². The highest BCUT2D eigenvalue weighted by Gasteiger charge is 2.08. The van der Waals surface area contributed by atoms with Gasteiger partial charge in [0, 0.05) is 37.7 Å². The van der Waals surface area contributed by atoms with Crippen molar-refractivity contribution in [3.63, 3.8) is 0 Å². The van der Waals surface area contributed by atoms with E-state index in [2.05, 4.69) is 68.5 Å². The highest BCUT2D eigenvalue weighted by atomic mass is 79.9. The molecule has 0 saturated heterocycles. The zero-order chi connectivity index (χ0) is 17.2. The Morgan fingerprint density at radius 2 is 2.00 bits per heavy atom. The molecule has 0 bridgehead atoms. The zero-order valence-electron chi connectivity index (χ0n) is 14.3. The van der Waals surface area contributed by atoms with Crippen molar-refractivity contribution < 1.29 is 0 Å². The monoisotopic (exact) mass is 392 g/mol. The van der Waals surface area contributed by atoms with E-state index in [1.165, 1.54) is 5.56 Å². The van der Waals surface area contributed by atoms with Gasteiger partial charge in [0.1, 0.15) is 12.7 Å². The van der Waals surface area contributed by atoms with Gasteiger partial charge < -0.3 is 14.8 Å². The fourth-order valence-corrected chi connectivity index (χ4v) is 2.77. The minimum absolute atomic E-state index is 0.810. The number of benzene rings is 1. The fourth-order valence-electron chi connectivity index (χ4n) is 2.36. The third-order valence-electron chi connectivity index (χ3n) is 3.61. The van der Waals surface area contributed by atoms with E-state index in [-0.39, 0.29) is 0 Å². The first kappa shape index (κ1) is 18.4. The largest absolute Gasteiger partial charge is 0.357 e. The lowest BCUT2D eigenvalue weighted by Crippen LogP contribution is -2.38. The van der Waals surface area contributed by atoms with Crippen LogP contribution in [0.25, 0.3) is 0 Å². The van der Waals surface area contributed by atoms with Crippen molar-refractivity contribution in [3.8, 4) is 0 Å². The van der Waals surface area contributed by atoms with Gasteiger partial charge in [-0.3, -0.25) is 4.99 Å². The van der Waals surface area contributed by atoms with Gasteiger partial charge in [0.25, 0.3) is 0 Å². The molecule has 1 heterocycles. The maximum atomic E-state index is 4.73. The van der Waals surface area contributed by atoms with Crippen LogP contribution in [0.2, 0.25) is 0 Å². The molecule has 2 aromatic rings. The molecule has 0 amide bonds. The molecule has 0 fully saturated rings. The van der Waals surface area contributed by atoms with Crippen molar-refractivity contribution in [2.45, 2.75) is 32.9 Å². The van der Waals surface area contributed by atoms with Crippen molar-refractivity contribution in [2.75, 3.05) is 20.1 Å². The second-order valence-corrected chi connectivity index (χ2v) is 6.44. The summed E-state index contributed by atoms with van der Waals surface area (Å²) in [6.45, 7) is 5.51. The summed E-state index contributed by atoms with van der Waals surface area (Å²) in [6.07, 6.45) is 5.60. The first-order chi connectivity index (χ1) is 11.7. The molecule has 2 rings (SSSR count). The number of hydrogen-bond acceptors (Lipinski definition) is 3. The van der Waals surface area contributed by atoms with Crippen LogP contribution in [0, 0.1) is 0 Å². The number of halogens is 1. The summed E-state index contributed by atoms with van der Waals surface area (Å²) >= 11 is 3.61. The van der Waals surface area contributed by atoms with Crippen molar-refractivity contribution in [1.29, 1.82) is 0 Å². The number of aliphatic imine (C=N–C) groups is 1. The summed E-state index contributed by atoms with van der Waals surface area (Å²) < 4.78 is 3.12. The molecule has 1 aromatic carbocycles. The van der Waals surface area contributed by atoms with E-state index < -0.39 is 0 Å². The predicted molar refractivity (Wildman–Crippen MR) is 101 cm³/mol. The van der Waals surface area contributed by atoms with E-state index in [4.69, 9.17) is 4.99 Å². The molecule has 1 aromatic heterocycles. The Morgan fingerprint density at radius 3 is 2.71 bits per heavy atom. The van der Waals surface area contributed by atoms with E-state index in [1.807, 2.05) is 10.6 Å². The third-order valence-corrected chi connectivity index (χ3v) is 4.39. The van der Waals surface area contributed by atoms with Gasteiger partial charge in [-0.25, -0.2) is 0 Å². The molecular formula is C17H25BrN6. The van der Waals surface area contributed by atoms with Gasteiger partial charge in [0.05, 0.1) is 0 Å². The topological polar surface area (TPSA) is 58.3 Å². The van der Waals surface area contributed by atoms with Crippen LogP contribution in [0.15, 0.2) is 46.4 Å². The van der Waals surface area contributed by atoms with Gasteiger partial charge in [-0.1, -0.05) is 34.1 Å². The first-order valence-corrected chi connectivity index (χ1v) is 9.05. The lowest BCUT2D eigenvalue weighted by Gasteiger charge is -2.22. The molecule has 130 valence electrons. The average molecular weight is 393 g/mol. The Morgan fingerprint density at radius 1 is 1.25 bits per heavy atom. The smallest absolute Gasteiger partial charge is 0.193 e. The summed E-state index contributed by atoms with van der Waals surface area (Å²) in [7, 11) is 2.07. The summed E-state index contributed by atoms with van der Waals surface area (Å²) in [5.74, 6) is 0.942. The minimum atomic E-state index is 0.810. The minimum Gasteiger partial charge on any atom is -0.357 e. The van der Waals surface area contributed by atoms with Crippen molar-refractivity contribution in [3.05, 3.63) is 47.0 Å².